The van der Waals surface area contributed by atoms with Gasteiger partial charge < -0.3 is 10.1 Å². The zero-order valence-electron chi connectivity index (χ0n) is 6.81. The molecule has 1 rings (SSSR count). The second-order valence-electron chi connectivity index (χ2n) is 2.46. The van der Waals surface area contributed by atoms with Crippen molar-refractivity contribution in [3.05, 3.63) is 32.1 Å². The average molecular weight is 224 g/mol. The van der Waals surface area contributed by atoms with E-state index in [1.54, 1.807) is 0 Å². The summed E-state index contributed by atoms with van der Waals surface area (Å²) in [6, 6.07) is 0. The number of hydrogen-bond acceptors (Lipinski definition) is 3. The third-order valence-electron chi connectivity index (χ3n) is 1.44. The zero-order valence-corrected chi connectivity index (χ0v) is 6.81. The number of hydrogen-bond donors (Lipinski definition) is 3. The minimum atomic E-state index is -5.11. The number of carboxylic acid groups (broad SMARTS) is 1. The van der Waals surface area contributed by atoms with Gasteiger partial charge in [0.2, 0.25) is 0 Å². The lowest BCUT2D eigenvalue weighted by Gasteiger charge is -2.07. The van der Waals surface area contributed by atoms with E-state index in [1.165, 1.54) is 9.97 Å². The SMILES string of the molecule is O=C(O)c1c(C(F)(F)F)[nH]c(=O)[nH]c1=O. The number of aromatic amines is 2. The molecular weight excluding hydrogens is 221 g/mol. The Hall–Kier alpha value is -2.06. The van der Waals surface area contributed by atoms with E-state index in [0.29, 0.717) is 0 Å². The van der Waals surface area contributed by atoms with Gasteiger partial charge in [0.1, 0.15) is 5.69 Å². The predicted molar refractivity (Wildman–Crippen MR) is 39.6 cm³/mol. The summed E-state index contributed by atoms with van der Waals surface area (Å²) < 4.78 is 36.5. The quantitative estimate of drug-likeness (QED) is 0.613. The summed E-state index contributed by atoms with van der Waals surface area (Å²) in [7, 11) is 0. The molecular formula is C6H3F3N2O4. The van der Waals surface area contributed by atoms with Crippen LogP contribution < -0.4 is 11.2 Å². The van der Waals surface area contributed by atoms with Crippen LogP contribution in [0.25, 0.3) is 0 Å². The Morgan fingerprint density at radius 1 is 1.20 bits per heavy atom. The first-order valence-corrected chi connectivity index (χ1v) is 3.40. The van der Waals surface area contributed by atoms with Crippen LogP contribution >= 0.6 is 0 Å². The molecule has 0 bridgehead atoms. The Balaban J connectivity index is 3.70. The number of nitrogens with one attached hydrogen (secondary N) is 2. The highest BCUT2D eigenvalue weighted by molar-refractivity contribution is 5.88. The molecule has 0 aliphatic rings. The number of halogens is 3. The molecule has 0 amide bonds. The molecule has 0 fully saturated rings. The van der Waals surface area contributed by atoms with Crippen LogP contribution in [0.2, 0.25) is 0 Å². The molecule has 0 spiro atoms. The van der Waals surface area contributed by atoms with Crippen LogP contribution in [0.4, 0.5) is 13.2 Å². The van der Waals surface area contributed by atoms with Crippen LogP contribution in [0, 0.1) is 0 Å². The number of rotatable bonds is 1. The van der Waals surface area contributed by atoms with Crippen molar-refractivity contribution in [1.82, 2.24) is 9.97 Å². The van der Waals surface area contributed by atoms with Crippen molar-refractivity contribution in [2.45, 2.75) is 6.18 Å². The molecule has 0 saturated carbocycles. The molecule has 0 aromatic carbocycles. The van der Waals surface area contributed by atoms with E-state index in [2.05, 4.69) is 0 Å². The topological polar surface area (TPSA) is 103 Å². The molecule has 0 unspecified atom stereocenters. The van der Waals surface area contributed by atoms with Crippen molar-refractivity contribution in [3.8, 4) is 0 Å². The van der Waals surface area contributed by atoms with Gasteiger partial charge >= 0.3 is 17.8 Å². The fourth-order valence-electron chi connectivity index (χ4n) is 0.903. The fourth-order valence-corrected chi connectivity index (χ4v) is 0.903. The zero-order chi connectivity index (χ0) is 11.8. The third-order valence-corrected chi connectivity index (χ3v) is 1.44. The monoisotopic (exact) mass is 224 g/mol. The van der Waals surface area contributed by atoms with Gasteiger partial charge in [-0.05, 0) is 0 Å². The molecule has 82 valence electrons. The van der Waals surface area contributed by atoms with Gasteiger partial charge in [0.05, 0.1) is 0 Å². The van der Waals surface area contributed by atoms with Gasteiger partial charge in [-0.2, -0.15) is 13.2 Å². The number of carbonyl (C=O) groups is 1. The van der Waals surface area contributed by atoms with Crippen LogP contribution in [0.5, 0.6) is 0 Å². The van der Waals surface area contributed by atoms with Crippen molar-refractivity contribution < 1.29 is 23.1 Å². The van der Waals surface area contributed by atoms with Crippen molar-refractivity contribution in [3.63, 3.8) is 0 Å². The van der Waals surface area contributed by atoms with Gasteiger partial charge in [-0.3, -0.25) is 9.78 Å². The number of alkyl halides is 3. The standard InChI is InChI=1S/C6H3F3N2O4/c7-6(8,9)2-1(4(13)14)3(12)11-5(15)10-2/h(H,13,14)(H2,10,11,12,15). The maximum atomic E-state index is 12.2. The largest absolute Gasteiger partial charge is 0.477 e. The van der Waals surface area contributed by atoms with E-state index < -0.39 is 34.7 Å². The van der Waals surface area contributed by atoms with Crippen molar-refractivity contribution in [1.29, 1.82) is 0 Å². The average Bonchev–Trinajstić information content (AvgIpc) is 1.99. The van der Waals surface area contributed by atoms with Gasteiger partial charge in [-0.1, -0.05) is 0 Å². The van der Waals surface area contributed by atoms with Gasteiger partial charge in [-0.15, -0.1) is 0 Å². The molecule has 0 aliphatic carbocycles. The lowest BCUT2D eigenvalue weighted by atomic mass is 10.2. The number of aromatic carboxylic acids is 1. The summed E-state index contributed by atoms with van der Waals surface area (Å²) in [6.07, 6.45) is -5.11. The van der Waals surface area contributed by atoms with Gasteiger partial charge in [-0.25, -0.2) is 9.59 Å². The Morgan fingerprint density at radius 2 is 1.73 bits per heavy atom. The van der Waals surface area contributed by atoms with E-state index >= 15 is 0 Å². The minimum absolute atomic E-state index is 1.22. The summed E-state index contributed by atoms with van der Waals surface area (Å²) in [4.78, 5) is 34.3. The van der Waals surface area contributed by atoms with Crippen molar-refractivity contribution in [2.75, 3.05) is 0 Å². The molecule has 1 heterocycles. The molecule has 9 heteroatoms. The van der Waals surface area contributed by atoms with Crippen LogP contribution in [-0.4, -0.2) is 21.0 Å². The second-order valence-corrected chi connectivity index (χ2v) is 2.46. The highest BCUT2D eigenvalue weighted by Crippen LogP contribution is 2.27. The second kappa shape index (κ2) is 3.26. The Bertz CT molecular complexity index is 512. The fraction of sp³-hybridized carbons (Fsp3) is 0.167. The van der Waals surface area contributed by atoms with E-state index in [-0.39, 0.29) is 0 Å². The van der Waals surface area contributed by atoms with E-state index in [0.717, 1.165) is 0 Å². The van der Waals surface area contributed by atoms with Crippen molar-refractivity contribution >= 4 is 5.97 Å². The Morgan fingerprint density at radius 3 is 2.13 bits per heavy atom. The summed E-state index contributed by atoms with van der Waals surface area (Å²) in [5, 5.41) is 8.36. The number of aromatic nitrogens is 2. The normalized spacial score (nSPS) is 11.4. The summed E-state index contributed by atoms with van der Waals surface area (Å²) in [5.74, 6) is -2.07. The molecule has 0 saturated heterocycles. The summed E-state index contributed by atoms with van der Waals surface area (Å²) in [6.45, 7) is 0. The van der Waals surface area contributed by atoms with E-state index in [9.17, 15) is 27.6 Å². The van der Waals surface area contributed by atoms with E-state index in [1.807, 2.05) is 0 Å². The highest BCUT2D eigenvalue weighted by atomic mass is 19.4. The predicted octanol–water partition coefficient (Wildman–Crippen LogP) is -0.220. The minimum Gasteiger partial charge on any atom is -0.477 e. The lowest BCUT2D eigenvalue weighted by molar-refractivity contribution is -0.142. The third kappa shape index (κ3) is 2.06. The first-order chi connectivity index (χ1) is 6.73. The number of H-pyrrole nitrogens is 2. The van der Waals surface area contributed by atoms with Gasteiger partial charge in [0.25, 0.3) is 5.56 Å². The van der Waals surface area contributed by atoms with E-state index in [4.69, 9.17) is 5.11 Å². The van der Waals surface area contributed by atoms with Crippen LogP contribution in [0.3, 0.4) is 0 Å². The van der Waals surface area contributed by atoms with Crippen LogP contribution in [0.15, 0.2) is 9.59 Å². The summed E-state index contributed by atoms with van der Waals surface area (Å²) >= 11 is 0. The maximum Gasteiger partial charge on any atom is 0.432 e. The van der Waals surface area contributed by atoms with Gasteiger partial charge in [0, 0.05) is 0 Å². The highest BCUT2D eigenvalue weighted by Gasteiger charge is 2.38. The molecule has 1 aromatic rings. The van der Waals surface area contributed by atoms with Crippen molar-refractivity contribution in [2.24, 2.45) is 0 Å². The van der Waals surface area contributed by atoms with Crippen LogP contribution in [0.1, 0.15) is 16.1 Å². The molecule has 15 heavy (non-hydrogen) atoms. The van der Waals surface area contributed by atoms with Gasteiger partial charge in [0.15, 0.2) is 5.56 Å². The van der Waals surface area contributed by atoms with Crippen LogP contribution in [-0.2, 0) is 6.18 Å². The molecule has 1 aromatic heterocycles. The molecule has 0 atom stereocenters. The Labute approximate surface area is 78.4 Å². The lowest BCUT2D eigenvalue weighted by Crippen LogP contribution is -2.33. The maximum absolute atomic E-state index is 12.2. The Kier molecular flexibility index (Phi) is 2.39. The first kappa shape index (κ1) is 11.0. The molecule has 3 N–H and O–H groups in total. The first-order valence-electron chi connectivity index (χ1n) is 3.40. The summed E-state index contributed by atoms with van der Waals surface area (Å²) in [5.41, 5.74) is -6.43. The molecule has 0 aliphatic heterocycles. The molecule has 6 nitrogen and oxygen atoms in total. The smallest absolute Gasteiger partial charge is 0.432 e. The number of carboxylic acids is 1. The molecule has 0 radical (unpaired) electrons.